The molecule has 2 aromatic rings. The van der Waals surface area contributed by atoms with Crippen molar-refractivity contribution in [2.75, 3.05) is 6.61 Å². The molecule has 0 saturated carbocycles. The van der Waals surface area contributed by atoms with Gasteiger partial charge in [0.25, 0.3) is 0 Å². The van der Waals surface area contributed by atoms with Gasteiger partial charge in [0.15, 0.2) is 0 Å². The minimum atomic E-state index is -0.929. The quantitative estimate of drug-likeness (QED) is 0.912. The Balaban J connectivity index is 2.48. The molecule has 5 nitrogen and oxygen atoms in total. The molecular formula is C15H20N2O3. The third-order valence-electron chi connectivity index (χ3n) is 3.26. The average Bonchev–Trinajstić information content (AvgIpc) is 2.64. The lowest BCUT2D eigenvalue weighted by Gasteiger charge is -2.26. The molecule has 0 radical (unpaired) electrons. The summed E-state index contributed by atoms with van der Waals surface area (Å²) >= 11 is 0. The first-order valence-electron chi connectivity index (χ1n) is 6.68. The van der Waals surface area contributed by atoms with Gasteiger partial charge in [-0.15, -0.1) is 0 Å². The molecule has 0 saturated heterocycles. The normalized spacial score (nSPS) is 12.0. The first-order valence-corrected chi connectivity index (χ1v) is 6.68. The van der Waals surface area contributed by atoms with Crippen LogP contribution in [0.15, 0.2) is 18.2 Å². The summed E-state index contributed by atoms with van der Waals surface area (Å²) in [4.78, 5) is 15.6. The summed E-state index contributed by atoms with van der Waals surface area (Å²) in [6.07, 6.45) is 0. The number of hydrogen-bond donors (Lipinski definition) is 1. The molecule has 1 N–H and O–H groups in total. The first-order chi connectivity index (χ1) is 9.34. The van der Waals surface area contributed by atoms with E-state index in [1.807, 2.05) is 32.3 Å². The molecule has 0 atom stereocenters. The highest BCUT2D eigenvalue weighted by molar-refractivity contribution is 5.92. The van der Waals surface area contributed by atoms with E-state index >= 15 is 0 Å². The highest BCUT2D eigenvalue weighted by atomic mass is 16.5. The third-order valence-corrected chi connectivity index (χ3v) is 3.26. The molecule has 20 heavy (non-hydrogen) atoms. The van der Waals surface area contributed by atoms with Gasteiger partial charge in [-0.2, -0.15) is 0 Å². The standard InChI is InChI=1S/C15H20N2O3/c1-5-20-15(3,4)9-17-10(2)16-12-7-6-11(14(18)19)8-13(12)17/h6-8H,5,9H2,1-4H3,(H,18,19). The Bertz CT molecular complexity index is 644. The van der Waals surface area contributed by atoms with Crippen LogP contribution in [0.4, 0.5) is 0 Å². The van der Waals surface area contributed by atoms with Crippen molar-refractivity contribution in [3.05, 3.63) is 29.6 Å². The maximum absolute atomic E-state index is 11.1. The lowest BCUT2D eigenvalue weighted by molar-refractivity contribution is -0.0220. The van der Waals surface area contributed by atoms with E-state index in [9.17, 15) is 4.79 Å². The van der Waals surface area contributed by atoms with Crippen molar-refractivity contribution in [3.8, 4) is 0 Å². The van der Waals surface area contributed by atoms with Crippen LogP contribution in [-0.4, -0.2) is 32.8 Å². The van der Waals surface area contributed by atoms with Crippen molar-refractivity contribution in [2.45, 2.75) is 39.8 Å². The van der Waals surface area contributed by atoms with E-state index < -0.39 is 5.97 Å². The summed E-state index contributed by atoms with van der Waals surface area (Å²) in [5.41, 5.74) is 1.58. The molecule has 0 aliphatic heterocycles. The van der Waals surface area contributed by atoms with E-state index in [2.05, 4.69) is 4.98 Å². The van der Waals surface area contributed by atoms with Gasteiger partial charge in [0.1, 0.15) is 5.82 Å². The lowest BCUT2D eigenvalue weighted by atomic mass is 10.1. The number of nitrogens with zero attached hydrogens (tertiary/aromatic N) is 2. The van der Waals surface area contributed by atoms with Crippen molar-refractivity contribution < 1.29 is 14.6 Å². The van der Waals surface area contributed by atoms with Crippen LogP contribution < -0.4 is 0 Å². The van der Waals surface area contributed by atoms with Gasteiger partial charge in [-0.05, 0) is 45.9 Å². The summed E-state index contributed by atoms with van der Waals surface area (Å²) in [6.45, 7) is 9.18. The number of carboxylic acid groups (broad SMARTS) is 1. The van der Waals surface area contributed by atoms with Crippen LogP contribution in [-0.2, 0) is 11.3 Å². The fourth-order valence-corrected chi connectivity index (χ4v) is 2.39. The SMILES string of the molecule is CCOC(C)(C)Cn1c(C)nc2ccc(C(=O)O)cc21. The Kier molecular flexibility index (Phi) is 3.81. The van der Waals surface area contributed by atoms with E-state index in [-0.39, 0.29) is 11.2 Å². The highest BCUT2D eigenvalue weighted by Crippen LogP contribution is 2.22. The maximum Gasteiger partial charge on any atom is 0.335 e. The van der Waals surface area contributed by atoms with Gasteiger partial charge in [0.2, 0.25) is 0 Å². The molecule has 1 aromatic carbocycles. The Labute approximate surface area is 118 Å². The summed E-state index contributed by atoms with van der Waals surface area (Å²) in [5.74, 6) is -0.0725. The van der Waals surface area contributed by atoms with Crippen LogP contribution in [0.3, 0.4) is 0 Å². The topological polar surface area (TPSA) is 64.4 Å². The molecule has 2 rings (SSSR count). The number of aromatic nitrogens is 2. The molecule has 0 spiro atoms. The number of carbonyl (C=O) groups is 1. The Morgan fingerprint density at radius 1 is 1.45 bits per heavy atom. The van der Waals surface area contributed by atoms with E-state index in [1.54, 1.807) is 18.2 Å². The maximum atomic E-state index is 11.1. The first kappa shape index (κ1) is 14.5. The number of ether oxygens (including phenoxy) is 1. The number of aromatic carboxylic acids is 1. The molecule has 1 heterocycles. The summed E-state index contributed by atoms with van der Waals surface area (Å²) in [7, 11) is 0. The second kappa shape index (κ2) is 5.25. The zero-order chi connectivity index (χ0) is 14.9. The Morgan fingerprint density at radius 2 is 2.15 bits per heavy atom. The van der Waals surface area contributed by atoms with Crippen LogP contribution in [0, 0.1) is 6.92 Å². The summed E-state index contributed by atoms with van der Waals surface area (Å²) in [5, 5.41) is 9.10. The second-order valence-electron chi connectivity index (χ2n) is 5.45. The number of benzene rings is 1. The number of aryl methyl sites for hydroxylation is 1. The summed E-state index contributed by atoms with van der Waals surface area (Å²) in [6, 6.07) is 4.99. The number of carboxylic acids is 1. The minimum absolute atomic E-state index is 0.271. The van der Waals surface area contributed by atoms with Crippen molar-refractivity contribution >= 4 is 17.0 Å². The average molecular weight is 276 g/mol. The number of hydrogen-bond acceptors (Lipinski definition) is 3. The van der Waals surface area contributed by atoms with Crippen LogP contribution in [0.5, 0.6) is 0 Å². The van der Waals surface area contributed by atoms with E-state index in [0.29, 0.717) is 13.2 Å². The van der Waals surface area contributed by atoms with E-state index in [1.165, 1.54) is 0 Å². The molecule has 0 bridgehead atoms. The Hall–Kier alpha value is -1.88. The molecule has 1 aromatic heterocycles. The smallest absolute Gasteiger partial charge is 0.335 e. The molecule has 0 aliphatic rings. The highest BCUT2D eigenvalue weighted by Gasteiger charge is 2.21. The molecule has 0 aliphatic carbocycles. The molecule has 5 heteroatoms. The molecule has 0 amide bonds. The van der Waals surface area contributed by atoms with Crippen LogP contribution in [0.1, 0.15) is 37.0 Å². The number of fused-ring (bicyclic) bond motifs is 1. The van der Waals surface area contributed by atoms with Gasteiger partial charge in [0.05, 0.1) is 28.7 Å². The molecule has 0 fully saturated rings. The number of rotatable bonds is 5. The van der Waals surface area contributed by atoms with Crippen LogP contribution in [0.2, 0.25) is 0 Å². The molecular weight excluding hydrogens is 256 g/mol. The van der Waals surface area contributed by atoms with Crippen molar-refractivity contribution in [3.63, 3.8) is 0 Å². The van der Waals surface area contributed by atoms with Crippen molar-refractivity contribution in [1.29, 1.82) is 0 Å². The predicted octanol–water partition coefficient (Wildman–Crippen LogP) is 2.86. The van der Waals surface area contributed by atoms with Crippen LogP contribution >= 0.6 is 0 Å². The molecule has 108 valence electrons. The zero-order valence-electron chi connectivity index (χ0n) is 12.3. The predicted molar refractivity (Wildman–Crippen MR) is 77.1 cm³/mol. The van der Waals surface area contributed by atoms with Gasteiger partial charge < -0.3 is 14.4 Å². The number of imidazole rings is 1. The second-order valence-corrected chi connectivity index (χ2v) is 5.45. The van der Waals surface area contributed by atoms with Gasteiger partial charge in [-0.3, -0.25) is 0 Å². The van der Waals surface area contributed by atoms with E-state index in [4.69, 9.17) is 9.84 Å². The largest absolute Gasteiger partial charge is 0.478 e. The van der Waals surface area contributed by atoms with Crippen molar-refractivity contribution in [2.24, 2.45) is 0 Å². The molecule has 0 unspecified atom stereocenters. The zero-order valence-corrected chi connectivity index (χ0v) is 12.3. The fraction of sp³-hybridized carbons (Fsp3) is 0.467. The Morgan fingerprint density at radius 3 is 2.75 bits per heavy atom. The van der Waals surface area contributed by atoms with E-state index in [0.717, 1.165) is 16.9 Å². The lowest BCUT2D eigenvalue weighted by Crippen LogP contribution is -2.31. The third kappa shape index (κ3) is 2.82. The van der Waals surface area contributed by atoms with Crippen molar-refractivity contribution in [1.82, 2.24) is 9.55 Å². The monoisotopic (exact) mass is 276 g/mol. The minimum Gasteiger partial charge on any atom is -0.478 e. The van der Waals surface area contributed by atoms with Gasteiger partial charge in [0, 0.05) is 6.61 Å². The van der Waals surface area contributed by atoms with Gasteiger partial charge in [-0.25, -0.2) is 9.78 Å². The van der Waals surface area contributed by atoms with Gasteiger partial charge >= 0.3 is 5.97 Å². The fourth-order valence-electron chi connectivity index (χ4n) is 2.39. The summed E-state index contributed by atoms with van der Waals surface area (Å²) < 4.78 is 7.73. The van der Waals surface area contributed by atoms with Gasteiger partial charge in [-0.1, -0.05) is 0 Å². The van der Waals surface area contributed by atoms with Crippen LogP contribution in [0.25, 0.3) is 11.0 Å².